The lowest BCUT2D eigenvalue weighted by molar-refractivity contribution is 0.178. The average Bonchev–Trinajstić information content (AvgIpc) is 2.74. The van der Waals surface area contributed by atoms with Gasteiger partial charge in [-0.2, -0.15) is 0 Å². The molecule has 0 saturated heterocycles. The SMILES string of the molecule is CCCOc1ccc(C2CCC(Nc3ccnc(COC)c3OC)CC2)cc1. The molecular weight excluding hydrogens is 352 g/mol. The van der Waals surface area contributed by atoms with E-state index in [1.165, 1.54) is 18.4 Å². The second-order valence-corrected chi connectivity index (χ2v) is 7.38. The lowest BCUT2D eigenvalue weighted by Crippen LogP contribution is -2.25. The van der Waals surface area contributed by atoms with Crippen molar-refractivity contribution in [1.29, 1.82) is 0 Å². The van der Waals surface area contributed by atoms with Crippen LogP contribution in [0.3, 0.4) is 0 Å². The van der Waals surface area contributed by atoms with Gasteiger partial charge in [-0.05, 0) is 61.8 Å². The topological polar surface area (TPSA) is 52.6 Å². The van der Waals surface area contributed by atoms with Gasteiger partial charge in [-0.25, -0.2) is 0 Å². The van der Waals surface area contributed by atoms with Crippen molar-refractivity contribution < 1.29 is 14.2 Å². The molecule has 0 aliphatic heterocycles. The van der Waals surface area contributed by atoms with Gasteiger partial charge in [-0.15, -0.1) is 0 Å². The number of nitrogens with one attached hydrogen (secondary N) is 1. The van der Waals surface area contributed by atoms with E-state index in [2.05, 4.69) is 41.5 Å². The lowest BCUT2D eigenvalue weighted by Gasteiger charge is -2.30. The first-order valence-electron chi connectivity index (χ1n) is 10.2. The first-order chi connectivity index (χ1) is 13.7. The number of aromatic nitrogens is 1. The number of nitrogens with zero attached hydrogens (tertiary/aromatic N) is 1. The zero-order chi connectivity index (χ0) is 19.8. The van der Waals surface area contributed by atoms with E-state index in [1.54, 1.807) is 14.2 Å². The van der Waals surface area contributed by atoms with E-state index in [9.17, 15) is 0 Å². The summed E-state index contributed by atoms with van der Waals surface area (Å²) in [6.07, 6.45) is 7.50. The van der Waals surface area contributed by atoms with E-state index >= 15 is 0 Å². The van der Waals surface area contributed by atoms with Gasteiger partial charge in [0.1, 0.15) is 11.4 Å². The quantitative estimate of drug-likeness (QED) is 0.647. The summed E-state index contributed by atoms with van der Waals surface area (Å²) in [6.45, 7) is 3.35. The molecular formula is C23H32N2O3. The maximum Gasteiger partial charge on any atom is 0.165 e. The van der Waals surface area contributed by atoms with Crippen LogP contribution in [0, 0.1) is 0 Å². The molecule has 1 aromatic carbocycles. The third-order valence-electron chi connectivity index (χ3n) is 5.37. The van der Waals surface area contributed by atoms with Crippen LogP contribution in [-0.2, 0) is 11.3 Å². The molecule has 1 fully saturated rings. The van der Waals surface area contributed by atoms with Crippen LogP contribution in [-0.4, -0.2) is 31.9 Å². The second-order valence-electron chi connectivity index (χ2n) is 7.38. The molecule has 2 aromatic rings. The van der Waals surface area contributed by atoms with Crippen LogP contribution >= 0.6 is 0 Å². The van der Waals surface area contributed by atoms with Gasteiger partial charge in [-0.1, -0.05) is 19.1 Å². The number of hydrogen-bond donors (Lipinski definition) is 1. The van der Waals surface area contributed by atoms with Crippen molar-refractivity contribution in [2.45, 2.75) is 57.6 Å². The average molecular weight is 385 g/mol. The third-order valence-corrected chi connectivity index (χ3v) is 5.37. The molecule has 1 saturated carbocycles. The van der Waals surface area contributed by atoms with E-state index in [0.29, 0.717) is 18.6 Å². The number of ether oxygens (including phenoxy) is 3. The van der Waals surface area contributed by atoms with Crippen molar-refractivity contribution in [3.8, 4) is 11.5 Å². The van der Waals surface area contributed by atoms with Gasteiger partial charge in [0.25, 0.3) is 0 Å². The van der Waals surface area contributed by atoms with Crippen molar-refractivity contribution in [1.82, 2.24) is 4.98 Å². The van der Waals surface area contributed by atoms with Crippen molar-refractivity contribution in [2.75, 3.05) is 26.1 Å². The summed E-state index contributed by atoms with van der Waals surface area (Å²) in [5.74, 6) is 2.38. The number of anilines is 1. The van der Waals surface area contributed by atoms with Gasteiger partial charge in [0.2, 0.25) is 0 Å². The number of pyridine rings is 1. The lowest BCUT2D eigenvalue weighted by atomic mass is 9.81. The Kier molecular flexibility index (Phi) is 7.54. The molecule has 1 heterocycles. The van der Waals surface area contributed by atoms with E-state index in [0.717, 1.165) is 48.7 Å². The van der Waals surface area contributed by atoms with Crippen LogP contribution in [0.25, 0.3) is 0 Å². The molecule has 0 unspecified atom stereocenters. The van der Waals surface area contributed by atoms with Crippen LogP contribution in [0.15, 0.2) is 36.5 Å². The van der Waals surface area contributed by atoms with Gasteiger partial charge < -0.3 is 19.5 Å². The molecule has 0 spiro atoms. The zero-order valence-electron chi connectivity index (χ0n) is 17.2. The normalized spacial score (nSPS) is 19.2. The molecule has 1 aliphatic rings. The summed E-state index contributed by atoms with van der Waals surface area (Å²) >= 11 is 0. The maximum absolute atomic E-state index is 5.69. The summed E-state index contributed by atoms with van der Waals surface area (Å²) in [6, 6.07) is 11.1. The van der Waals surface area contributed by atoms with Gasteiger partial charge in [-0.3, -0.25) is 4.98 Å². The number of methoxy groups -OCH3 is 2. The van der Waals surface area contributed by atoms with Gasteiger partial charge >= 0.3 is 0 Å². The highest BCUT2D eigenvalue weighted by molar-refractivity contribution is 5.58. The minimum Gasteiger partial charge on any atom is -0.494 e. The highest BCUT2D eigenvalue weighted by atomic mass is 16.5. The van der Waals surface area contributed by atoms with Gasteiger partial charge in [0, 0.05) is 19.3 Å². The molecule has 1 aromatic heterocycles. The van der Waals surface area contributed by atoms with Crippen molar-refractivity contribution >= 4 is 5.69 Å². The Balaban J connectivity index is 1.56. The molecule has 1 N–H and O–H groups in total. The third kappa shape index (κ3) is 5.16. The molecule has 152 valence electrons. The summed E-state index contributed by atoms with van der Waals surface area (Å²) < 4.78 is 16.5. The monoisotopic (exact) mass is 384 g/mol. The van der Waals surface area contributed by atoms with E-state index in [-0.39, 0.29) is 0 Å². The predicted molar refractivity (Wildman–Crippen MR) is 112 cm³/mol. The largest absolute Gasteiger partial charge is 0.494 e. The minimum absolute atomic E-state index is 0.448. The van der Waals surface area contributed by atoms with Crippen molar-refractivity contribution in [3.63, 3.8) is 0 Å². The molecule has 28 heavy (non-hydrogen) atoms. The van der Waals surface area contributed by atoms with Crippen molar-refractivity contribution in [2.24, 2.45) is 0 Å². The van der Waals surface area contributed by atoms with Gasteiger partial charge in [0.15, 0.2) is 5.75 Å². The van der Waals surface area contributed by atoms with Crippen LogP contribution in [0.1, 0.15) is 56.2 Å². The Morgan fingerprint density at radius 3 is 2.43 bits per heavy atom. The number of benzene rings is 1. The first-order valence-corrected chi connectivity index (χ1v) is 10.2. The Morgan fingerprint density at radius 2 is 1.79 bits per heavy atom. The smallest absolute Gasteiger partial charge is 0.165 e. The number of rotatable bonds is 9. The Bertz CT molecular complexity index is 725. The highest BCUT2D eigenvalue weighted by Gasteiger charge is 2.23. The fourth-order valence-electron chi connectivity index (χ4n) is 3.92. The van der Waals surface area contributed by atoms with E-state index in [4.69, 9.17) is 14.2 Å². The van der Waals surface area contributed by atoms with E-state index in [1.807, 2.05) is 12.3 Å². The molecule has 5 heteroatoms. The Labute approximate surface area is 168 Å². The fraction of sp³-hybridized carbons (Fsp3) is 0.522. The second kappa shape index (κ2) is 10.3. The molecule has 3 rings (SSSR count). The first kappa shape index (κ1) is 20.5. The number of hydrogen-bond acceptors (Lipinski definition) is 5. The summed E-state index contributed by atoms with van der Waals surface area (Å²) in [7, 11) is 3.36. The summed E-state index contributed by atoms with van der Waals surface area (Å²) in [5.41, 5.74) is 3.26. The standard InChI is InChI=1S/C23H32N2O3/c1-4-15-28-20-11-7-18(8-12-20)17-5-9-19(10-6-17)25-21-13-14-24-22(16-26-2)23(21)27-3/h7-8,11-14,17,19H,4-6,9-10,15-16H2,1-3H3,(H,24,25). The van der Waals surface area contributed by atoms with Crippen LogP contribution in [0.4, 0.5) is 5.69 Å². The summed E-state index contributed by atoms with van der Waals surface area (Å²) in [5, 5.41) is 3.66. The Hall–Kier alpha value is -2.27. The molecule has 0 atom stereocenters. The van der Waals surface area contributed by atoms with Gasteiger partial charge in [0.05, 0.1) is 26.0 Å². The van der Waals surface area contributed by atoms with Crippen LogP contribution in [0.5, 0.6) is 11.5 Å². The molecule has 1 aliphatic carbocycles. The predicted octanol–water partition coefficient (Wildman–Crippen LogP) is 5.16. The van der Waals surface area contributed by atoms with Crippen LogP contribution in [0.2, 0.25) is 0 Å². The molecule has 5 nitrogen and oxygen atoms in total. The fourth-order valence-corrected chi connectivity index (χ4v) is 3.92. The zero-order valence-corrected chi connectivity index (χ0v) is 17.2. The Morgan fingerprint density at radius 1 is 1.04 bits per heavy atom. The maximum atomic E-state index is 5.69. The summed E-state index contributed by atoms with van der Waals surface area (Å²) in [4.78, 5) is 4.37. The van der Waals surface area contributed by atoms with E-state index < -0.39 is 0 Å². The molecule has 0 amide bonds. The molecule has 0 radical (unpaired) electrons. The minimum atomic E-state index is 0.448. The van der Waals surface area contributed by atoms with Crippen molar-refractivity contribution in [3.05, 3.63) is 47.8 Å². The molecule has 0 bridgehead atoms. The van der Waals surface area contributed by atoms with Crippen LogP contribution < -0.4 is 14.8 Å². The highest BCUT2D eigenvalue weighted by Crippen LogP contribution is 2.36.